The molecule has 8 heteroatoms. The first-order valence-corrected chi connectivity index (χ1v) is 9.84. The van der Waals surface area contributed by atoms with Crippen LogP contribution in [0.3, 0.4) is 0 Å². The number of fused-ring (bicyclic) bond motifs is 1. The molecule has 3 heterocycles. The third-order valence-electron chi connectivity index (χ3n) is 5.32. The SMILES string of the molecule is CCn1c(N2CCNCC2)cc2ncn(CC(=O)c3cccc(OC)c3)c(=O)c21. The van der Waals surface area contributed by atoms with Gasteiger partial charge in [0.2, 0.25) is 0 Å². The molecule has 0 bridgehead atoms. The topological polar surface area (TPSA) is 81.4 Å². The molecule has 2 aromatic heterocycles. The second kappa shape index (κ2) is 8.08. The van der Waals surface area contributed by atoms with E-state index < -0.39 is 0 Å². The number of hydrogen-bond donors (Lipinski definition) is 1. The number of benzene rings is 1. The summed E-state index contributed by atoms with van der Waals surface area (Å²) >= 11 is 0. The van der Waals surface area contributed by atoms with Crippen LogP contribution in [0, 0.1) is 0 Å². The highest BCUT2D eigenvalue weighted by Crippen LogP contribution is 2.23. The maximum atomic E-state index is 13.2. The number of rotatable bonds is 6. The number of carbonyl (C=O) groups excluding carboxylic acids is 1. The standard InChI is InChI=1S/C21H25N5O3/c1-3-26-19(24-9-7-22-8-10-24)12-17-20(26)21(28)25(14-23-17)13-18(27)15-5-4-6-16(11-15)29-2/h4-6,11-12,14,22H,3,7-10,13H2,1-2H3. The Morgan fingerprint density at radius 1 is 1.24 bits per heavy atom. The van der Waals surface area contributed by atoms with Gasteiger partial charge in [0.25, 0.3) is 5.56 Å². The lowest BCUT2D eigenvalue weighted by atomic mass is 10.1. The zero-order chi connectivity index (χ0) is 20.4. The number of hydrogen-bond acceptors (Lipinski definition) is 6. The predicted octanol–water partition coefficient (Wildman–Crippen LogP) is 1.52. The van der Waals surface area contributed by atoms with Gasteiger partial charge in [0.05, 0.1) is 25.5 Å². The fraction of sp³-hybridized carbons (Fsp3) is 0.381. The van der Waals surface area contributed by atoms with Gasteiger partial charge in [-0.15, -0.1) is 0 Å². The Morgan fingerprint density at radius 2 is 2.03 bits per heavy atom. The first-order valence-electron chi connectivity index (χ1n) is 9.84. The van der Waals surface area contributed by atoms with Crippen molar-refractivity contribution in [2.24, 2.45) is 0 Å². The van der Waals surface area contributed by atoms with E-state index >= 15 is 0 Å². The average molecular weight is 395 g/mol. The van der Waals surface area contributed by atoms with Crippen LogP contribution in [0.5, 0.6) is 5.75 Å². The lowest BCUT2D eigenvalue weighted by molar-refractivity contribution is 0.0970. The maximum Gasteiger partial charge on any atom is 0.278 e. The first-order chi connectivity index (χ1) is 14.1. The number of ether oxygens (including phenoxy) is 1. The molecule has 1 fully saturated rings. The van der Waals surface area contributed by atoms with E-state index in [1.165, 1.54) is 10.9 Å². The van der Waals surface area contributed by atoms with Crippen LogP contribution in [-0.2, 0) is 13.1 Å². The minimum Gasteiger partial charge on any atom is -0.497 e. The van der Waals surface area contributed by atoms with Crippen molar-refractivity contribution in [3.63, 3.8) is 0 Å². The van der Waals surface area contributed by atoms with E-state index in [0.29, 0.717) is 28.9 Å². The summed E-state index contributed by atoms with van der Waals surface area (Å²) in [6, 6.07) is 8.91. The molecule has 4 rings (SSSR count). The molecule has 0 atom stereocenters. The number of methoxy groups -OCH3 is 1. The van der Waals surface area contributed by atoms with Crippen LogP contribution in [0.4, 0.5) is 5.82 Å². The zero-order valence-electron chi connectivity index (χ0n) is 16.7. The number of aryl methyl sites for hydroxylation is 1. The Morgan fingerprint density at radius 3 is 2.76 bits per heavy atom. The number of ketones is 1. The molecule has 0 radical (unpaired) electrons. The Hall–Kier alpha value is -3.13. The first kappa shape index (κ1) is 19.2. The normalized spacial score (nSPS) is 14.3. The lowest BCUT2D eigenvalue weighted by Gasteiger charge is -2.30. The summed E-state index contributed by atoms with van der Waals surface area (Å²) in [7, 11) is 1.56. The van der Waals surface area contributed by atoms with E-state index in [0.717, 1.165) is 32.0 Å². The molecule has 0 spiro atoms. The van der Waals surface area contributed by atoms with Crippen molar-refractivity contribution < 1.29 is 9.53 Å². The number of Topliss-reactive ketones (excluding diaryl/α,β-unsaturated/α-hetero) is 1. The molecule has 0 aliphatic carbocycles. The van der Waals surface area contributed by atoms with Crippen molar-refractivity contribution in [1.82, 2.24) is 19.4 Å². The quantitative estimate of drug-likeness (QED) is 0.638. The van der Waals surface area contributed by atoms with Gasteiger partial charge in [-0.1, -0.05) is 12.1 Å². The lowest BCUT2D eigenvalue weighted by Crippen LogP contribution is -2.44. The van der Waals surface area contributed by atoms with Crippen molar-refractivity contribution >= 4 is 22.6 Å². The fourth-order valence-electron chi connectivity index (χ4n) is 3.80. The van der Waals surface area contributed by atoms with E-state index in [1.54, 1.807) is 31.4 Å². The molecule has 29 heavy (non-hydrogen) atoms. The number of nitrogens with one attached hydrogen (secondary N) is 1. The molecule has 8 nitrogen and oxygen atoms in total. The Bertz CT molecular complexity index is 1100. The molecule has 1 aromatic carbocycles. The monoisotopic (exact) mass is 395 g/mol. The number of aromatic nitrogens is 3. The van der Waals surface area contributed by atoms with E-state index in [-0.39, 0.29) is 17.9 Å². The van der Waals surface area contributed by atoms with Crippen LogP contribution in [0.1, 0.15) is 17.3 Å². The summed E-state index contributed by atoms with van der Waals surface area (Å²) in [4.78, 5) is 32.6. The van der Waals surface area contributed by atoms with Gasteiger partial charge in [0, 0.05) is 44.4 Å². The molecule has 0 unspecified atom stereocenters. The largest absolute Gasteiger partial charge is 0.497 e. The van der Waals surface area contributed by atoms with E-state index in [1.807, 2.05) is 17.6 Å². The van der Waals surface area contributed by atoms with Gasteiger partial charge in [0.1, 0.15) is 17.1 Å². The molecule has 1 aliphatic rings. The molecule has 0 saturated carbocycles. The molecular formula is C21H25N5O3. The number of nitrogens with zero attached hydrogens (tertiary/aromatic N) is 4. The third kappa shape index (κ3) is 3.63. The van der Waals surface area contributed by atoms with Gasteiger partial charge < -0.3 is 19.5 Å². The maximum absolute atomic E-state index is 13.2. The van der Waals surface area contributed by atoms with Gasteiger partial charge in [-0.2, -0.15) is 0 Å². The Kier molecular flexibility index (Phi) is 5.35. The highest BCUT2D eigenvalue weighted by molar-refractivity contribution is 5.96. The van der Waals surface area contributed by atoms with Crippen molar-refractivity contribution in [2.75, 3.05) is 38.2 Å². The minimum atomic E-state index is -0.200. The van der Waals surface area contributed by atoms with Gasteiger partial charge >= 0.3 is 0 Å². The highest BCUT2D eigenvalue weighted by Gasteiger charge is 2.20. The van der Waals surface area contributed by atoms with Crippen molar-refractivity contribution in [2.45, 2.75) is 20.0 Å². The van der Waals surface area contributed by atoms with Gasteiger partial charge in [0.15, 0.2) is 5.78 Å². The second-order valence-electron chi connectivity index (χ2n) is 7.05. The summed E-state index contributed by atoms with van der Waals surface area (Å²) < 4.78 is 8.57. The predicted molar refractivity (Wildman–Crippen MR) is 112 cm³/mol. The average Bonchev–Trinajstić information content (AvgIpc) is 3.15. The smallest absolute Gasteiger partial charge is 0.278 e. The number of anilines is 1. The Balaban J connectivity index is 1.70. The number of carbonyl (C=O) groups is 1. The van der Waals surface area contributed by atoms with Crippen molar-refractivity contribution in [1.29, 1.82) is 0 Å². The number of piperazine rings is 1. The van der Waals surface area contributed by atoms with E-state index in [9.17, 15) is 9.59 Å². The fourth-order valence-corrected chi connectivity index (χ4v) is 3.80. The minimum absolute atomic E-state index is 0.0627. The van der Waals surface area contributed by atoms with Crippen LogP contribution >= 0.6 is 0 Å². The summed E-state index contributed by atoms with van der Waals surface area (Å²) in [5.41, 5.74) is 1.51. The zero-order valence-corrected chi connectivity index (χ0v) is 16.7. The molecule has 1 N–H and O–H groups in total. The molecule has 1 saturated heterocycles. The molecule has 3 aromatic rings. The van der Waals surface area contributed by atoms with Crippen LogP contribution in [-0.4, -0.2) is 53.2 Å². The summed E-state index contributed by atoms with van der Waals surface area (Å²) in [6.45, 7) is 6.22. The molecule has 0 amide bonds. The van der Waals surface area contributed by atoms with E-state index in [2.05, 4.69) is 15.2 Å². The van der Waals surface area contributed by atoms with Crippen LogP contribution in [0.25, 0.3) is 11.0 Å². The van der Waals surface area contributed by atoms with Gasteiger partial charge in [-0.05, 0) is 19.1 Å². The molecular weight excluding hydrogens is 370 g/mol. The summed E-state index contributed by atoms with van der Waals surface area (Å²) in [5, 5.41) is 3.34. The summed E-state index contributed by atoms with van der Waals surface area (Å²) in [5.74, 6) is 1.45. The van der Waals surface area contributed by atoms with Crippen LogP contribution in [0.15, 0.2) is 41.5 Å². The van der Waals surface area contributed by atoms with Crippen molar-refractivity contribution in [3.05, 3.63) is 52.6 Å². The van der Waals surface area contributed by atoms with Crippen LogP contribution < -0.4 is 20.5 Å². The second-order valence-corrected chi connectivity index (χ2v) is 7.05. The van der Waals surface area contributed by atoms with Crippen molar-refractivity contribution in [3.8, 4) is 5.75 Å². The van der Waals surface area contributed by atoms with Gasteiger partial charge in [-0.3, -0.25) is 14.2 Å². The van der Waals surface area contributed by atoms with Gasteiger partial charge in [-0.25, -0.2) is 4.98 Å². The van der Waals surface area contributed by atoms with Crippen LogP contribution in [0.2, 0.25) is 0 Å². The molecule has 1 aliphatic heterocycles. The summed E-state index contributed by atoms with van der Waals surface area (Å²) in [6.07, 6.45) is 1.46. The molecule has 152 valence electrons. The Labute approximate surface area is 168 Å². The van der Waals surface area contributed by atoms with E-state index in [4.69, 9.17) is 4.74 Å². The third-order valence-corrected chi connectivity index (χ3v) is 5.32. The highest BCUT2D eigenvalue weighted by atomic mass is 16.5.